The van der Waals surface area contributed by atoms with Gasteiger partial charge >= 0.3 is 5.97 Å². The van der Waals surface area contributed by atoms with E-state index in [9.17, 15) is 4.79 Å². The van der Waals surface area contributed by atoms with E-state index >= 15 is 0 Å². The van der Waals surface area contributed by atoms with Gasteiger partial charge in [0.1, 0.15) is 0 Å². The van der Waals surface area contributed by atoms with Gasteiger partial charge in [0, 0.05) is 27.7 Å². The van der Waals surface area contributed by atoms with Crippen LogP contribution in [0.2, 0.25) is 0 Å². The standard InChI is InChI=1S/C13H11BrN2O2/c1-8-6-10(4-5-15-8)16-9-2-3-12(14)11(7-9)13(17)18/h2-7H,1H3,(H,15,16)(H,17,18). The minimum absolute atomic E-state index is 0.228. The molecule has 1 aromatic carbocycles. The molecule has 0 saturated heterocycles. The van der Waals surface area contributed by atoms with Gasteiger partial charge in [-0.1, -0.05) is 0 Å². The minimum atomic E-state index is -0.962. The largest absolute Gasteiger partial charge is 0.478 e. The second kappa shape index (κ2) is 5.18. The lowest BCUT2D eigenvalue weighted by atomic mass is 10.2. The number of aryl methyl sites for hydroxylation is 1. The summed E-state index contributed by atoms with van der Waals surface area (Å²) in [6, 6.07) is 8.83. The molecule has 0 radical (unpaired) electrons. The van der Waals surface area contributed by atoms with Gasteiger partial charge in [-0.3, -0.25) is 4.98 Å². The Morgan fingerprint density at radius 1 is 1.28 bits per heavy atom. The van der Waals surface area contributed by atoms with Gasteiger partial charge in [-0.25, -0.2) is 4.79 Å². The maximum Gasteiger partial charge on any atom is 0.336 e. The molecule has 0 aliphatic heterocycles. The number of carboxylic acids is 1. The highest BCUT2D eigenvalue weighted by Gasteiger charge is 2.09. The maximum absolute atomic E-state index is 11.0. The Labute approximate surface area is 113 Å². The number of aromatic nitrogens is 1. The maximum atomic E-state index is 11.0. The van der Waals surface area contributed by atoms with Crippen molar-refractivity contribution in [1.29, 1.82) is 0 Å². The third kappa shape index (κ3) is 2.87. The van der Waals surface area contributed by atoms with Crippen molar-refractivity contribution in [3.63, 3.8) is 0 Å². The summed E-state index contributed by atoms with van der Waals surface area (Å²) < 4.78 is 0.562. The van der Waals surface area contributed by atoms with Gasteiger partial charge in [0.05, 0.1) is 5.56 Å². The van der Waals surface area contributed by atoms with Crippen molar-refractivity contribution in [2.24, 2.45) is 0 Å². The van der Waals surface area contributed by atoms with Crippen LogP contribution in [0.3, 0.4) is 0 Å². The minimum Gasteiger partial charge on any atom is -0.478 e. The molecule has 1 aromatic heterocycles. The molecule has 0 unspecified atom stereocenters. The SMILES string of the molecule is Cc1cc(Nc2ccc(Br)c(C(=O)O)c2)ccn1. The van der Waals surface area contributed by atoms with E-state index in [0.29, 0.717) is 4.47 Å². The molecule has 5 heteroatoms. The van der Waals surface area contributed by atoms with Crippen LogP contribution in [0.1, 0.15) is 16.1 Å². The van der Waals surface area contributed by atoms with Crippen LogP contribution >= 0.6 is 15.9 Å². The summed E-state index contributed by atoms with van der Waals surface area (Å²) in [6.07, 6.45) is 1.70. The lowest BCUT2D eigenvalue weighted by molar-refractivity contribution is 0.0696. The zero-order valence-electron chi connectivity index (χ0n) is 9.64. The first-order valence-electron chi connectivity index (χ1n) is 5.29. The average Bonchev–Trinajstić information content (AvgIpc) is 2.31. The predicted molar refractivity (Wildman–Crippen MR) is 73.4 cm³/mol. The number of halogens is 1. The molecule has 0 saturated carbocycles. The van der Waals surface area contributed by atoms with Crippen LogP contribution < -0.4 is 5.32 Å². The number of carbonyl (C=O) groups is 1. The number of hydrogen-bond donors (Lipinski definition) is 2. The smallest absolute Gasteiger partial charge is 0.336 e. The molecular formula is C13H11BrN2O2. The van der Waals surface area contributed by atoms with Crippen molar-refractivity contribution in [2.75, 3.05) is 5.32 Å². The lowest BCUT2D eigenvalue weighted by Gasteiger charge is -2.08. The molecule has 0 bridgehead atoms. The summed E-state index contributed by atoms with van der Waals surface area (Å²) in [4.78, 5) is 15.1. The molecule has 92 valence electrons. The summed E-state index contributed by atoms with van der Waals surface area (Å²) in [7, 11) is 0. The second-order valence-electron chi connectivity index (χ2n) is 3.81. The number of anilines is 2. The highest BCUT2D eigenvalue weighted by atomic mass is 79.9. The topological polar surface area (TPSA) is 62.2 Å². The number of rotatable bonds is 3. The fourth-order valence-electron chi connectivity index (χ4n) is 1.56. The third-order valence-corrected chi connectivity index (χ3v) is 3.07. The quantitative estimate of drug-likeness (QED) is 0.909. The molecule has 0 aliphatic rings. The second-order valence-corrected chi connectivity index (χ2v) is 4.67. The van der Waals surface area contributed by atoms with E-state index in [0.717, 1.165) is 17.1 Å². The fraction of sp³-hybridized carbons (Fsp3) is 0.0769. The van der Waals surface area contributed by atoms with Crippen molar-refractivity contribution in [3.8, 4) is 0 Å². The Morgan fingerprint density at radius 3 is 2.67 bits per heavy atom. The van der Waals surface area contributed by atoms with Gasteiger partial charge in [-0.05, 0) is 53.2 Å². The van der Waals surface area contributed by atoms with Crippen LogP contribution in [0.4, 0.5) is 11.4 Å². The molecule has 4 nitrogen and oxygen atoms in total. The molecule has 1 heterocycles. The summed E-state index contributed by atoms with van der Waals surface area (Å²) >= 11 is 3.21. The number of aromatic carboxylic acids is 1. The highest BCUT2D eigenvalue weighted by Crippen LogP contribution is 2.23. The first-order valence-corrected chi connectivity index (χ1v) is 6.08. The van der Waals surface area contributed by atoms with Gasteiger partial charge in [0.25, 0.3) is 0 Å². The number of carboxylic acid groups (broad SMARTS) is 1. The van der Waals surface area contributed by atoms with Crippen molar-refractivity contribution in [3.05, 3.63) is 52.3 Å². The normalized spacial score (nSPS) is 10.1. The van der Waals surface area contributed by atoms with Crippen molar-refractivity contribution >= 4 is 33.3 Å². The molecule has 0 fully saturated rings. The Bertz CT molecular complexity index is 599. The lowest BCUT2D eigenvalue weighted by Crippen LogP contribution is -1.99. The Balaban J connectivity index is 2.30. The first kappa shape index (κ1) is 12.6. The predicted octanol–water partition coefficient (Wildman–Crippen LogP) is 3.59. The fourth-order valence-corrected chi connectivity index (χ4v) is 1.97. The number of hydrogen-bond acceptors (Lipinski definition) is 3. The van der Waals surface area contributed by atoms with Crippen molar-refractivity contribution < 1.29 is 9.90 Å². The van der Waals surface area contributed by atoms with Crippen LogP contribution in [-0.2, 0) is 0 Å². The van der Waals surface area contributed by atoms with E-state index in [-0.39, 0.29) is 5.56 Å². The number of benzene rings is 1. The molecule has 18 heavy (non-hydrogen) atoms. The molecule has 0 spiro atoms. The van der Waals surface area contributed by atoms with E-state index in [1.165, 1.54) is 0 Å². The van der Waals surface area contributed by atoms with E-state index in [1.807, 2.05) is 25.1 Å². The third-order valence-electron chi connectivity index (χ3n) is 2.38. The van der Waals surface area contributed by atoms with Gasteiger partial charge in [-0.15, -0.1) is 0 Å². The molecule has 2 N–H and O–H groups in total. The summed E-state index contributed by atoms with van der Waals surface area (Å²) in [5, 5.41) is 12.2. The Kier molecular flexibility index (Phi) is 3.62. The Morgan fingerprint density at radius 2 is 2.00 bits per heavy atom. The average molecular weight is 307 g/mol. The zero-order chi connectivity index (χ0) is 13.1. The molecule has 0 atom stereocenters. The number of pyridine rings is 1. The van der Waals surface area contributed by atoms with Gasteiger partial charge in [0.2, 0.25) is 0 Å². The van der Waals surface area contributed by atoms with Crippen molar-refractivity contribution in [2.45, 2.75) is 6.92 Å². The monoisotopic (exact) mass is 306 g/mol. The van der Waals surface area contributed by atoms with E-state index in [2.05, 4.69) is 26.2 Å². The molecule has 0 amide bonds. The van der Waals surface area contributed by atoms with Crippen LogP contribution in [0, 0.1) is 6.92 Å². The molecular weight excluding hydrogens is 296 g/mol. The summed E-state index contributed by atoms with van der Waals surface area (Å²) in [6.45, 7) is 1.90. The van der Waals surface area contributed by atoms with Crippen LogP contribution in [0.15, 0.2) is 41.0 Å². The number of nitrogens with zero attached hydrogens (tertiary/aromatic N) is 1. The van der Waals surface area contributed by atoms with E-state index in [1.54, 1.807) is 18.3 Å². The molecule has 2 rings (SSSR count). The first-order chi connectivity index (χ1) is 8.56. The zero-order valence-corrected chi connectivity index (χ0v) is 11.2. The van der Waals surface area contributed by atoms with Gasteiger partial charge < -0.3 is 10.4 Å². The van der Waals surface area contributed by atoms with E-state index < -0.39 is 5.97 Å². The summed E-state index contributed by atoms with van der Waals surface area (Å²) in [5.41, 5.74) is 2.73. The Hall–Kier alpha value is -1.88. The van der Waals surface area contributed by atoms with Crippen molar-refractivity contribution in [1.82, 2.24) is 4.98 Å². The van der Waals surface area contributed by atoms with Gasteiger partial charge in [-0.2, -0.15) is 0 Å². The van der Waals surface area contributed by atoms with Crippen LogP contribution in [0.25, 0.3) is 0 Å². The van der Waals surface area contributed by atoms with Crippen LogP contribution in [0.5, 0.6) is 0 Å². The van der Waals surface area contributed by atoms with Crippen LogP contribution in [-0.4, -0.2) is 16.1 Å². The van der Waals surface area contributed by atoms with E-state index in [4.69, 9.17) is 5.11 Å². The molecule has 2 aromatic rings. The molecule has 0 aliphatic carbocycles. The summed E-state index contributed by atoms with van der Waals surface area (Å²) in [5.74, 6) is -0.962. The highest BCUT2D eigenvalue weighted by molar-refractivity contribution is 9.10. The number of nitrogens with one attached hydrogen (secondary N) is 1. The van der Waals surface area contributed by atoms with Gasteiger partial charge in [0.15, 0.2) is 0 Å².